The molecule has 3 heterocycles. The number of rotatable bonds is 2. The van der Waals surface area contributed by atoms with Crippen LogP contribution in [-0.2, 0) is 19.4 Å². The molecule has 2 aromatic carbocycles. The number of amidine groups is 1. The zero-order chi connectivity index (χ0) is 20.0. The molecule has 1 saturated heterocycles. The van der Waals surface area contributed by atoms with E-state index >= 15 is 0 Å². The molecule has 0 aliphatic carbocycles. The molecule has 1 unspecified atom stereocenters. The van der Waals surface area contributed by atoms with Crippen molar-refractivity contribution in [3.63, 3.8) is 0 Å². The van der Waals surface area contributed by atoms with Crippen LogP contribution in [0.4, 0.5) is 5.69 Å². The van der Waals surface area contributed by atoms with Crippen molar-refractivity contribution in [2.45, 2.75) is 4.90 Å². The van der Waals surface area contributed by atoms with E-state index in [-0.39, 0.29) is 17.4 Å². The highest BCUT2D eigenvalue weighted by molar-refractivity contribution is 7.91. The number of ether oxygens (including phenoxy) is 1. The first-order chi connectivity index (χ1) is 14.1. The summed E-state index contributed by atoms with van der Waals surface area (Å²) in [6.07, 6.45) is 0. The number of hydrogen-bond donors (Lipinski definition) is 1. The molecule has 0 aromatic heterocycles. The lowest BCUT2D eigenvalue weighted by Crippen LogP contribution is -3.08. The number of fused-ring (bicyclic) bond motifs is 3. The van der Waals surface area contributed by atoms with E-state index in [1.807, 2.05) is 36.4 Å². The summed E-state index contributed by atoms with van der Waals surface area (Å²) in [4.78, 5) is 20.7. The van der Waals surface area contributed by atoms with Crippen molar-refractivity contribution >= 4 is 27.3 Å². The lowest BCUT2D eigenvalue weighted by atomic mass is 10.1. The van der Waals surface area contributed by atoms with Gasteiger partial charge in [-0.2, -0.15) is 4.99 Å². The number of nitrogens with zero attached hydrogens (tertiary/aromatic N) is 2. The quantitative estimate of drug-likeness (QED) is 0.783. The van der Waals surface area contributed by atoms with Crippen LogP contribution in [-0.4, -0.2) is 57.1 Å². The van der Waals surface area contributed by atoms with Gasteiger partial charge in [0.15, 0.2) is 26.9 Å². The second-order valence-electron chi connectivity index (χ2n) is 7.19. The van der Waals surface area contributed by atoms with E-state index in [1.165, 1.54) is 0 Å². The van der Waals surface area contributed by atoms with Crippen molar-refractivity contribution < 1.29 is 22.8 Å². The number of benzene rings is 2. The van der Waals surface area contributed by atoms with Crippen molar-refractivity contribution in [2.75, 3.05) is 32.1 Å². The predicted molar refractivity (Wildman–Crippen MR) is 107 cm³/mol. The molecule has 1 atom stereocenters. The molecule has 1 amide bonds. The van der Waals surface area contributed by atoms with Crippen LogP contribution in [0.1, 0.15) is 5.56 Å². The Kier molecular flexibility index (Phi) is 4.34. The molecule has 148 valence electrons. The van der Waals surface area contributed by atoms with Crippen molar-refractivity contribution in [1.82, 2.24) is 4.90 Å². The van der Waals surface area contributed by atoms with E-state index < -0.39 is 9.84 Å². The van der Waals surface area contributed by atoms with Gasteiger partial charge in [0.1, 0.15) is 10.6 Å². The van der Waals surface area contributed by atoms with Crippen LogP contribution in [0.3, 0.4) is 0 Å². The minimum atomic E-state index is -3.55. The number of amides is 1. The number of hydrogen-bond acceptors (Lipinski definition) is 5. The maximum atomic E-state index is 13.3. The van der Waals surface area contributed by atoms with Crippen LogP contribution in [0.5, 0.6) is 0 Å². The van der Waals surface area contributed by atoms with E-state index in [0.29, 0.717) is 48.4 Å². The highest BCUT2D eigenvalue weighted by Gasteiger charge is 2.47. The first-order valence-corrected chi connectivity index (χ1v) is 11.2. The molecule has 2 aromatic rings. The molecule has 1 fully saturated rings. The van der Waals surface area contributed by atoms with Gasteiger partial charge in [-0.3, -0.25) is 4.79 Å². The van der Waals surface area contributed by atoms with Crippen molar-refractivity contribution in [1.29, 1.82) is 0 Å². The van der Waals surface area contributed by atoms with Crippen LogP contribution >= 0.6 is 0 Å². The van der Waals surface area contributed by atoms with Crippen LogP contribution in [0, 0.1) is 0 Å². The normalized spacial score (nSPS) is 22.7. The van der Waals surface area contributed by atoms with Crippen molar-refractivity contribution in [3.05, 3.63) is 71.6 Å². The minimum Gasteiger partial charge on any atom is -0.378 e. The SMILES string of the molecule is O=C(C1=C2CS(=O)(=O)c3ccccc3[NH+]2C(c2ccccc2)=N1)N1CCOCC1. The summed E-state index contributed by atoms with van der Waals surface area (Å²) in [6.45, 7) is 1.90. The van der Waals surface area contributed by atoms with Gasteiger partial charge in [0.05, 0.1) is 18.8 Å². The minimum absolute atomic E-state index is 0.218. The van der Waals surface area contributed by atoms with Gasteiger partial charge in [-0.05, 0) is 18.2 Å². The number of carbonyl (C=O) groups excluding carboxylic acids is 1. The van der Waals surface area contributed by atoms with Crippen LogP contribution in [0.15, 0.2) is 75.9 Å². The predicted octanol–water partition coefficient (Wildman–Crippen LogP) is 0.521. The van der Waals surface area contributed by atoms with E-state index in [0.717, 1.165) is 10.5 Å². The summed E-state index contributed by atoms with van der Waals surface area (Å²) in [5, 5.41) is 0. The van der Waals surface area contributed by atoms with Gasteiger partial charge in [0.2, 0.25) is 5.84 Å². The number of nitrogens with one attached hydrogen (secondary N) is 1. The van der Waals surface area contributed by atoms with E-state index in [9.17, 15) is 13.2 Å². The lowest BCUT2D eigenvalue weighted by Gasteiger charge is -2.27. The second-order valence-corrected chi connectivity index (χ2v) is 9.15. The molecule has 8 heteroatoms. The van der Waals surface area contributed by atoms with E-state index in [2.05, 4.69) is 0 Å². The third-order valence-electron chi connectivity index (χ3n) is 5.42. The molecular weight excluding hydrogens is 390 g/mol. The fourth-order valence-electron chi connectivity index (χ4n) is 4.04. The highest BCUT2D eigenvalue weighted by atomic mass is 32.2. The lowest BCUT2D eigenvalue weighted by molar-refractivity contribution is -0.682. The van der Waals surface area contributed by atoms with Gasteiger partial charge in [0, 0.05) is 19.2 Å². The summed E-state index contributed by atoms with van der Waals surface area (Å²) in [5.41, 5.74) is 2.21. The third kappa shape index (κ3) is 3.00. The number of morpholine rings is 1. The zero-order valence-electron chi connectivity index (χ0n) is 15.7. The summed E-state index contributed by atoms with van der Waals surface area (Å²) in [7, 11) is -3.55. The molecule has 0 radical (unpaired) electrons. The van der Waals surface area contributed by atoms with Crippen molar-refractivity contribution in [2.24, 2.45) is 4.99 Å². The summed E-state index contributed by atoms with van der Waals surface area (Å²) >= 11 is 0. The van der Waals surface area contributed by atoms with Crippen LogP contribution in [0.25, 0.3) is 0 Å². The number of para-hydroxylation sites is 1. The van der Waals surface area contributed by atoms with Crippen molar-refractivity contribution in [3.8, 4) is 0 Å². The largest absolute Gasteiger partial charge is 0.378 e. The first kappa shape index (κ1) is 18.2. The molecule has 7 nitrogen and oxygen atoms in total. The standard InChI is InChI=1S/C21H19N3O4S/c25-21(23-10-12-28-13-11-23)19-17-14-29(26,27)18-9-5-4-8-16(18)24(17)20(22-19)15-6-2-1-3-7-15/h1-9H,10-14H2/p+1. The molecule has 0 saturated carbocycles. The van der Waals surface area contributed by atoms with Gasteiger partial charge < -0.3 is 9.64 Å². The van der Waals surface area contributed by atoms with Gasteiger partial charge in [0.25, 0.3) is 5.91 Å². The Balaban J connectivity index is 1.69. The topological polar surface area (TPSA) is 80.5 Å². The Morgan fingerprint density at radius 3 is 2.45 bits per heavy atom. The number of aliphatic imine (C=N–C) groups is 1. The molecule has 29 heavy (non-hydrogen) atoms. The first-order valence-electron chi connectivity index (χ1n) is 9.50. The summed E-state index contributed by atoms with van der Waals surface area (Å²) < 4.78 is 31.3. The fourth-order valence-corrected chi connectivity index (χ4v) is 5.64. The number of quaternary nitrogens is 1. The Labute approximate surface area is 168 Å². The molecule has 1 N–H and O–H groups in total. The Bertz CT molecular complexity index is 1150. The maximum absolute atomic E-state index is 13.3. The number of carbonyl (C=O) groups is 1. The van der Waals surface area contributed by atoms with E-state index in [4.69, 9.17) is 9.73 Å². The maximum Gasteiger partial charge on any atom is 0.278 e. The van der Waals surface area contributed by atoms with Gasteiger partial charge in [-0.15, -0.1) is 0 Å². The third-order valence-corrected chi connectivity index (χ3v) is 7.12. The molecule has 5 rings (SSSR count). The second kappa shape index (κ2) is 6.91. The molecule has 0 bridgehead atoms. The Morgan fingerprint density at radius 2 is 1.69 bits per heavy atom. The summed E-state index contributed by atoms with van der Waals surface area (Å²) in [5.74, 6) is 0.200. The smallest absolute Gasteiger partial charge is 0.278 e. The van der Waals surface area contributed by atoms with Crippen LogP contribution < -0.4 is 4.90 Å². The zero-order valence-corrected chi connectivity index (χ0v) is 16.5. The molecular formula is C21H20N3O4S+. The monoisotopic (exact) mass is 410 g/mol. The number of sulfone groups is 1. The van der Waals surface area contributed by atoms with Gasteiger partial charge in [-0.25, -0.2) is 13.3 Å². The summed E-state index contributed by atoms with van der Waals surface area (Å²) in [6, 6.07) is 16.5. The average molecular weight is 410 g/mol. The van der Waals surface area contributed by atoms with E-state index in [1.54, 1.807) is 23.1 Å². The highest BCUT2D eigenvalue weighted by Crippen LogP contribution is 2.29. The molecule has 3 aliphatic rings. The molecule has 3 aliphatic heterocycles. The Hall–Kier alpha value is -2.81. The van der Waals surface area contributed by atoms with Crippen LogP contribution in [0.2, 0.25) is 0 Å². The Morgan fingerprint density at radius 1 is 1.00 bits per heavy atom. The van der Waals surface area contributed by atoms with Gasteiger partial charge in [-0.1, -0.05) is 30.3 Å². The molecule has 0 spiro atoms. The average Bonchev–Trinajstić information content (AvgIpc) is 3.13. The van der Waals surface area contributed by atoms with Gasteiger partial charge >= 0.3 is 0 Å². The fraction of sp³-hybridized carbons (Fsp3) is 0.238.